The lowest BCUT2D eigenvalue weighted by Crippen LogP contribution is -2.06. The van der Waals surface area contributed by atoms with E-state index >= 15 is 0 Å². The van der Waals surface area contributed by atoms with Crippen LogP contribution in [0.2, 0.25) is 0 Å². The van der Waals surface area contributed by atoms with Gasteiger partial charge in [-0.1, -0.05) is 6.07 Å². The van der Waals surface area contributed by atoms with Crippen LogP contribution in [0.3, 0.4) is 0 Å². The summed E-state index contributed by atoms with van der Waals surface area (Å²) in [6, 6.07) is 4.32. The second-order valence-corrected chi connectivity index (χ2v) is 3.41. The Balaban J connectivity index is 2.72. The molecule has 5 heteroatoms. The average molecular weight is 219 g/mol. The summed E-state index contributed by atoms with van der Waals surface area (Å²) in [4.78, 5) is 14.9. The minimum absolute atomic E-state index is 0.149. The lowest BCUT2D eigenvalue weighted by Gasteiger charge is -2.06. The fourth-order valence-corrected chi connectivity index (χ4v) is 1.58. The Morgan fingerprint density at radius 1 is 1.38 bits per heavy atom. The Bertz CT molecular complexity index is 548. The number of hydrogen-bond donors (Lipinski definition) is 0. The molecule has 0 saturated heterocycles. The number of aromatic nitrogens is 3. The standard InChI is InChI=1S/C11H10FN3O/c1-7-13-8(2)15(14-7)11-9(6-16)4-3-5-10(11)12/h3-6H,1-2H3. The highest BCUT2D eigenvalue weighted by Crippen LogP contribution is 2.17. The molecule has 0 aliphatic rings. The zero-order valence-corrected chi connectivity index (χ0v) is 8.94. The Hall–Kier alpha value is -2.04. The summed E-state index contributed by atoms with van der Waals surface area (Å²) in [6.07, 6.45) is 0.606. The Morgan fingerprint density at radius 2 is 2.12 bits per heavy atom. The number of para-hydroxylation sites is 1. The van der Waals surface area contributed by atoms with Crippen LogP contribution in [0.25, 0.3) is 5.69 Å². The predicted octanol–water partition coefficient (Wildman–Crippen LogP) is 1.84. The third kappa shape index (κ3) is 1.60. The molecule has 0 fully saturated rings. The number of carbonyl (C=O) groups is 1. The maximum absolute atomic E-state index is 13.7. The van der Waals surface area contributed by atoms with E-state index in [1.54, 1.807) is 19.9 Å². The van der Waals surface area contributed by atoms with Gasteiger partial charge in [-0.05, 0) is 26.0 Å². The van der Waals surface area contributed by atoms with Crippen LogP contribution in [-0.4, -0.2) is 21.1 Å². The van der Waals surface area contributed by atoms with Crippen LogP contribution in [0.4, 0.5) is 4.39 Å². The van der Waals surface area contributed by atoms with Crippen LogP contribution in [0.5, 0.6) is 0 Å². The fourth-order valence-electron chi connectivity index (χ4n) is 1.58. The monoisotopic (exact) mass is 219 g/mol. The first kappa shape index (κ1) is 10.5. The molecule has 0 aliphatic heterocycles. The molecule has 0 amide bonds. The van der Waals surface area contributed by atoms with E-state index in [2.05, 4.69) is 10.1 Å². The van der Waals surface area contributed by atoms with E-state index in [4.69, 9.17) is 0 Å². The number of nitrogens with zero attached hydrogens (tertiary/aromatic N) is 3. The first-order valence-electron chi connectivity index (χ1n) is 4.78. The van der Waals surface area contributed by atoms with Gasteiger partial charge < -0.3 is 0 Å². The molecule has 0 radical (unpaired) electrons. The van der Waals surface area contributed by atoms with Crippen LogP contribution in [0.1, 0.15) is 22.0 Å². The van der Waals surface area contributed by atoms with Gasteiger partial charge in [0.25, 0.3) is 0 Å². The van der Waals surface area contributed by atoms with Crippen molar-refractivity contribution in [2.24, 2.45) is 0 Å². The van der Waals surface area contributed by atoms with Gasteiger partial charge >= 0.3 is 0 Å². The number of carbonyl (C=O) groups excluding carboxylic acids is 1. The van der Waals surface area contributed by atoms with Crippen LogP contribution in [-0.2, 0) is 0 Å². The zero-order chi connectivity index (χ0) is 11.7. The molecular weight excluding hydrogens is 209 g/mol. The maximum Gasteiger partial charge on any atom is 0.152 e. The van der Waals surface area contributed by atoms with E-state index in [-0.39, 0.29) is 11.3 Å². The van der Waals surface area contributed by atoms with E-state index in [0.717, 1.165) is 0 Å². The van der Waals surface area contributed by atoms with Crippen molar-refractivity contribution in [2.75, 3.05) is 0 Å². The van der Waals surface area contributed by atoms with Crippen molar-refractivity contribution in [1.29, 1.82) is 0 Å². The Labute approximate surface area is 91.7 Å². The van der Waals surface area contributed by atoms with Crippen molar-refractivity contribution >= 4 is 6.29 Å². The second-order valence-electron chi connectivity index (χ2n) is 3.41. The minimum Gasteiger partial charge on any atom is -0.298 e. The quantitative estimate of drug-likeness (QED) is 0.724. The summed E-state index contributed by atoms with van der Waals surface area (Å²) in [5.74, 6) is 0.598. The molecule has 0 aliphatic carbocycles. The number of aryl methyl sites for hydroxylation is 2. The van der Waals surface area contributed by atoms with Crippen molar-refractivity contribution in [3.63, 3.8) is 0 Å². The van der Waals surface area contributed by atoms with Crippen LogP contribution >= 0.6 is 0 Å². The molecule has 1 heterocycles. The fraction of sp³-hybridized carbons (Fsp3) is 0.182. The van der Waals surface area contributed by atoms with E-state index in [1.807, 2.05) is 0 Å². The number of rotatable bonds is 2. The SMILES string of the molecule is Cc1nc(C)n(-c2c(F)cccc2C=O)n1. The summed E-state index contributed by atoms with van der Waals surface area (Å²) in [6.45, 7) is 3.42. The molecule has 0 bridgehead atoms. The largest absolute Gasteiger partial charge is 0.298 e. The molecule has 16 heavy (non-hydrogen) atoms. The molecule has 0 N–H and O–H groups in total. The van der Waals surface area contributed by atoms with Gasteiger partial charge in [0, 0.05) is 5.56 Å². The minimum atomic E-state index is -0.488. The molecule has 2 rings (SSSR count). The summed E-state index contributed by atoms with van der Waals surface area (Å²) in [5.41, 5.74) is 0.406. The Kier molecular flexibility index (Phi) is 2.52. The molecule has 82 valence electrons. The first-order valence-corrected chi connectivity index (χ1v) is 4.78. The molecular formula is C11H10FN3O. The normalized spacial score (nSPS) is 10.4. The molecule has 0 saturated carbocycles. The molecule has 0 spiro atoms. The van der Waals surface area contributed by atoms with Crippen LogP contribution < -0.4 is 0 Å². The van der Waals surface area contributed by atoms with Crippen LogP contribution in [0, 0.1) is 19.7 Å². The Morgan fingerprint density at radius 3 is 2.69 bits per heavy atom. The van der Waals surface area contributed by atoms with E-state index < -0.39 is 5.82 Å². The lowest BCUT2D eigenvalue weighted by atomic mass is 10.2. The number of aldehydes is 1. The third-order valence-electron chi connectivity index (χ3n) is 2.23. The van der Waals surface area contributed by atoms with Crippen molar-refractivity contribution < 1.29 is 9.18 Å². The third-order valence-corrected chi connectivity index (χ3v) is 2.23. The highest BCUT2D eigenvalue weighted by Gasteiger charge is 2.14. The molecule has 2 aromatic rings. The summed E-state index contributed by atoms with van der Waals surface area (Å²) in [5, 5.41) is 4.06. The topological polar surface area (TPSA) is 47.8 Å². The highest BCUT2D eigenvalue weighted by atomic mass is 19.1. The molecule has 1 aromatic carbocycles. The van der Waals surface area contributed by atoms with Crippen molar-refractivity contribution in [3.8, 4) is 5.69 Å². The van der Waals surface area contributed by atoms with Gasteiger partial charge in [0.15, 0.2) is 6.29 Å². The van der Waals surface area contributed by atoms with Gasteiger partial charge in [-0.25, -0.2) is 14.1 Å². The van der Waals surface area contributed by atoms with E-state index in [0.29, 0.717) is 17.9 Å². The number of halogens is 1. The van der Waals surface area contributed by atoms with E-state index in [1.165, 1.54) is 16.8 Å². The average Bonchev–Trinajstić information content (AvgIpc) is 2.57. The molecule has 0 atom stereocenters. The van der Waals surface area contributed by atoms with Crippen molar-refractivity contribution in [2.45, 2.75) is 13.8 Å². The number of hydrogen-bond acceptors (Lipinski definition) is 3. The van der Waals surface area contributed by atoms with Gasteiger partial charge in [0.2, 0.25) is 0 Å². The predicted molar refractivity (Wildman–Crippen MR) is 56.2 cm³/mol. The smallest absolute Gasteiger partial charge is 0.152 e. The van der Waals surface area contributed by atoms with E-state index in [9.17, 15) is 9.18 Å². The second kappa shape index (κ2) is 3.84. The van der Waals surface area contributed by atoms with Crippen LogP contribution in [0.15, 0.2) is 18.2 Å². The van der Waals surface area contributed by atoms with Gasteiger partial charge in [0.05, 0.1) is 0 Å². The molecule has 1 aromatic heterocycles. The summed E-state index contributed by atoms with van der Waals surface area (Å²) >= 11 is 0. The lowest BCUT2D eigenvalue weighted by molar-refractivity contribution is 0.112. The number of benzene rings is 1. The zero-order valence-electron chi connectivity index (χ0n) is 8.94. The molecule has 0 unspecified atom stereocenters. The molecule has 4 nitrogen and oxygen atoms in total. The van der Waals surface area contributed by atoms with Crippen molar-refractivity contribution in [3.05, 3.63) is 41.2 Å². The van der Waals surface area contributed by atoms with Gasteiger partial charge in [0.1, 0.15) is 23.2 Å². The van der Waals surface area contributed by atoms with Gasteiger partial charge in [-0.15, -0.1) is 0 Å². The van der Waals surface area contributed by atoms with Crippen molar-refractivity contribution in [1.82, 2.24) is 14.8 Å². The summed E-state index contributed by atoms with van der Waals surface area (Å²) in [7, 11) is 0. The highest BCUT2D eigenvalue weighted by molar-refractivity contribution is 5.80. The maximum atomic E-state index is 13.7. The van der Waals surface area contributed by atoms with Gasteiger partial charge in [-0.2, -0.15) is 5.10 Å². The summed E-state index contributed by atoms with van der Waals surface area (Å²) < 4.78 is 15.0. The van der Waals surface area contributed by atoms with Gasteiger partial charge in [-0.3, -0.25) is 4.79 Å². The first-order chi connectivity index (χ1) is 7.63.